The van der Waals surface area contributed by atoms with E-state index in [4.69, 9.17) is 5.26 Å². The summed E-state index contributed by atoms with van der Waals surface area (Å²) < 4.78 is 0.167. The van der Waals surface area contributed by atoms with Gasteiger partial charge in [0.15, 0.2) is 0 Å². The second kappa shape index (κ2) is 5.58. The standard InChI is InChI=1S/C12H20N2OS/c1-4-12(5-2,16-3)9-14-8-10(7-13)6-11(14)15/h10H,4-6,8-9H2,1-3H3. The summed E-state index contributed by atoms with van der Waals surface area (Å²) in [6.07, 6.45) is 4.64. The lowest BCUT2D eigenvalue weighted by atomic mass is 10.0. The molecular weight excluding hydrogens is 220 g/mol. The number of amides is 1. The Balaban J connectivity index is 2.66. The zero-order valence-corrected chi connectivity index (χ0v) is 11.1. The quantitative estimate of drug-likeness (QED) is 0.740. The van der Waals surface area contributed by atoms with Crippen LogP contribution in [0.15, 0.2) is 0 Å². The number of rotatable bonds is 5. The van der Waals surface area contributed by atoms with Gasteiger partial charge < -0.3 is 4.90 Å². The molecule has 0 aromatic carbocycles. The Hall–Kier alpha value is -0.690. The van der Waals surface area contributed by atoms with Gasteiger partial charge in [0.25, 0.3) is 0 Å². The van der Waals surface area contributed by atoms with Crippen molar-refractivity contribution in [2.75, 3.05) is 19.3 Å². The zero-order chi connectivity index (χ0) is 12.2. The molecule has 0 aromatic rings. The molecule has 0 radical (unpaired) electrons. The van der Waals surface area contributed by atoms with E-state index in [1.165, 1.54) is 0 Å². The Kier molecular flexibility index (Phi) is 4.67. The molecule has 1 amide bonds. The van der Waals surface area contributed by atoms with Gasteiger partial charge in [0.05, 0.1) is 12.0 Å². The van der Waals surface area contributed by atoms with Gasteiger partial charge in [0.2, 0.25) is 5.91 Å². The maximum absolute atomic E-state index is 11.7. The Morgan fingerprint density at radius 1 is 1.56 bits per heavy atom. The monoisotopic (exact) mass is 240 g/mol. The highest BCUT2D eigenvalue weighted by Crippen LogP contribution is 2.33. The minimum Gasteiger partial charge on any atom is -0.340 e. The van der Waals surface area contributed by atoms with Crippen molar-refractivity contribution in [2.45, 2.75) is 37.9 Å². The molecule has 1 aliphatic heterocycles. The van der Waals surface area contributed by atoms with Gasteiger partial charge in [0.1, 0.15) is 0 Å². The van der Waals surface area contributed by atoms with E-state index in [0.29, 0.717) is 13.0 Å². The van der Waals surface area contributed by atoms with E-state index in [0.717, 1.165) is 19.4 Å². The van der Waals surface area contributed by atoms with E-state index in [-0.39, 0.29) is 16.6 Å². The molecular formula is C12H20N2OS. The molecule has 0 N–H and O–H groups in total. The smallest absolute Gasteiger partial charge is 0.224 e. The molecule has 3 nitrogen and oxygen atoms in total. The highest BCUT2D eigenvalue weighted by molar-refractivity contribution is 8.00. The van der Waals surface area contributed by atoms with Crippen LogP contribution in [0.2, 0.25) is 0 Å². The third-order valence-corrected chi connectivity index (χ3v) is 5.17. The molecule has 90 valence electrons. The zero-order valence-electron chi connectivity index (χ0n) is 10.3. The average Bonchev–Trinajstić information content (AvgIpc) is 2.67. The predicted octanol–water partition coefficient (Wildman–Crippen LogP) is 2.28. The molecule has 1 saturated heterocycles. The van der Waals surface area contributed by atoms with Gasteiger partial charge in [-0.3, -0.25) is 4.79 Å². The normalized spacial score (nSPS) is 21.2. The number of nitrogens with zero attached hydrogens (tertiary/aromatic N) is 2. The molecule has 4 heteroatoms. The summed E-state index contributed by atoms with van der Waals surface area (Å²) in [6, 6.07) is 2.19. The highest BCUT2D eigenvalue weighted by Gasteiger charge is 2.35. The van der Waals surface area contributed by atoms with Gasteiger partial charge >= 0.3 is 0 Å². The molecule has 1 unspecified atom stereocenters. The summed E-state index contributed by atoms with van der Waals surface area (Å²) >= 11 is 1.84. The number of carbonyl (C=O) groups is 1. The highest BCUT2D eigenvalue weighted by atomic mass is 32.2. The summed E-state index contributed by atoms with van der Waals surface area (Å²) in [4.78, 5) is 13.6. The van der Waals surface area contributed by atoms with Gasteiger partial charge in [-0.1, -0.05) is 13.8 Å². The maximum atomic E-state index is 11.7. The Bertz CT molecular complexity index is 286. The Labute approximate surface area is 102 Å². The van der Waals surface area contributed by atoms with Crippen LogP contribution in [0.4, 0.5) is 0 Å². The summed E-state index contributed by atoms with van der Waals surface area (Å²) in [5.41, 5.74) is 0. The SMILES string of the molecule is CCC(CC)(CN1CC(C#N)CC1=O)SC. The van der Waals surface area contributed by atoms with Crippen LogP contribution < -0.4 is 0 Å². The first-order valence-corrected chi connectivity index (χ1v) is 7.05. The number of likely N-dealkylation sites (tertiary alicyclic amines) is 1. The van der Waals surface area contributed by atoms with Gasteiger partial charge in [-0.05, 0) is 19.1 Å². The third-order valence-electron chi connectivity index (χ3n) is 3.60. The van der Waals surface area contributed by atoms with Crippen molar-refractivity contribution < 1.29 is 4.79 Å². The Morgan fingerprint density at radius 3 is 2.56 bits per heavy atom. The van der Waals surface area contributed by atoms with Crippen LogP contribution in [0.3, 0.4) is 0 Å². The number of hydrogen-bond acceptors (Lipinski definition) is 3. The Morgan fingerprint density at radius 2 is 2.19 bits per heavy atom. The minimum absolute atomic E-state index is 0.0965. The second-order valence-electron chi connectivity index (χ2n) is 4.40. The molecule has 0 bridgehead atoms. The van der Waals surface area contributed by atoms with Crippen LogP contribution in [-0.4, -0.2) is 34.9 Å². The molecule has 0 aromatic heterocycles. The lowest BCUT2D eigenvalue weighted by Gasteiger charge is -2.34. The second-order valence-corrected chi connectivity index (χ2v) is 5.67. The molecule has 1 heterocycles. The van der Waals surface area contributed by atoms with Crippen LogP contribution >= 0.6 is 11.8 Å². The maximum Gasteiger partial charge on any atom is 0.224 e. The van der Waals surface area contributed by atoms with Crippen molar-refractivity contribution in [1.82, 2.24) is 4.90 Å². The lowest BCUT2D eigenvalue weighted by Crippen LogP contribution is -2.40. The first-order chi connectivity index (χ1) is 7.60. The molecule has 0 spiro atoms. The molecule has 0 saturated carbocycles. The summed E-state index contributed by atoms with van der Waals surface area (Å²) in [7, 11) is 0. The van der Waals surface area contributed by atoms with E-state index in [1.807, 2.05) is 16.7 Å². The topological polar surface area (TPSA) is 44.1 Å². The summed E-state index contributed by atoms with van der Waals surface area (Å²) in [5.74, 6) is 0.0487. The van der Waals surface area contributed by atoms with Crippen LogP contribution in [-0.2, 0) is 4.79 Å². The first kappa shape index (κ1) is 13.4. The van der Waals surface area contributed by atoms with Crippen LogP contribution in [0.25, 0.3) is 0 Å². The van der Waals surface area contributed by atoms with Crippen molar-refractivity contribution in [3.8, 4) is 6.07 Å². The van der Waals surface area contributed by atoms with Crippen molar-refractivity contribution in [2.24, 2.45) is 5.92 Å². The van der Waals surface area contributed by atoms with E-state index in [9.17, 15) is 4.79 Å². The molecule has 1 aliphatic rings. The molecule has 1 rings (SSSR count). The van der Waals surface area contributed by atoms with Crippen molar-refractivity contribution >= 4 is 17.7 Å². The van der Waals surface area contributed by atoms with Gasteiger partial charge in [-0.2, -0.15) is 17.0 Å². The summed E-state index contributed by atoms with van der Waals surface area (Å²) in [5, 5.41) is 8.84. The van der Waals surface area contributed by atoms with E-state index < -0.39 is 0 Å². The van der Waals surface area contributed by atoms with E-state index >= 15 is 0 Å². The lowest BCUT2D eigenvalue weighted by molar-refractivity contribution is -0.128. The van der Waals surface area contributed by atoms with Crippen molar-refractivity contribution in [3.05, 3.63) is 0 Å². The summed E-state index contributed by atoms with van der Waals surface area (Å²) in [6.45, 7) is 5.75. The molecule has 1 fully saturated rings. The third kappa shape index (κ3) is 2.70. The van der Waals surface area contributed by atoms with E-state index in [2.05, 4.69) is 26.2 Å². The van der Waals surface area contributed by atoms with Crippen LogP contribution in [0.5, 0.6) is 0 Å². The van der Waals surface area contributed by atoms with Gasteiger partial charge in [0, 0.05) is 24.3 Å². The first-order valence-electron chi connectivity index (χ1n) is 5.83. The number of nitriles is 1. The molecule has 1 atom stereocenters. The van der Waals surface area contributed by atoms with Crippen molar-refractivity contribution in [3.63, 3.8) is 0 Å². The fraction of sp³-hybridized carbons (Fsp3) is 0.833. The fourth-order valence-corrected chi connectivity index (χ4v) is 3.05. The van der Waals surface area contributed by atoms with Gasteiger partial charge in [-0.15, -0.1) is 0 Å². The molecule has 0 aliphatic carbocycles. The largest absolute Gasteiger partial charge is 0.340 e. The van der Waals surface area contributed by atoms with Crippen LogP contribution in [0.1, 0.15) is 33.1 Å². The average molecular weight is 240 g/mol. The predicted molar refractivity (Wildman–Crippen MR) is 67.1 cm³/mol. The number of thioether (sulfide) groups is 1. The van der Waals surface area contributed by atoms with Crippen molar-refractivity contribution in [1.29, 1.82) is 5.26 Å². The number of carbonyl (C=O) groups excluding carboxylic acids is 1. The molecule has 16 heavy (non-hydrogen) atoms. The minimum atomic E-state index is -0.0965. The van der Waals surface area contributed by atoms with E-state index in [1.54, 1.807) is 0 Å². The number of hydrogen-bond donors (Lipinski definition) is 0. The van der Waals surface area contributed by atoms with Gasteiger partial charge in [-0.25, -0.2) is 0 Å². The fourth-order valence-electron chi connectivity index (χ4n) is 2.19. The van der Waals surface area contributed by atoms with Crippen LogP contribution in [0, 0.1) is 17.2 Å².